The maximum Gasteiger partial charge on any atom is 0.322 e. The second-order valence-electron chi connectivity index (χ2n) is 3.51. The second-order valence-corrected chi connectivity index (χ2v) is 3.51. The minimum atomic E-state index is -1.13. The predicted molar refractivity (Wildman–Crippen MR) is 63.9 cm³/mol. The Balaban J connectivity index is 2.50. The van der Waals surface area contributed by atoms with Gasteiger partial charge in [-0.2, -0.15) is 0 Å². The lowest BCUT2D eigenvalue weighted by atomic mass is 10.1. The van der Waals surface area contributed by atoms with E-state index in [-0.39, 0.29) is 19.9 Å². The third-order valence-electron chi connectivity index (χ3n) is 2.25. The molecule has 0 bridgehead atoms. The van der Waals surface area contributed by atoms with E-state index < -0.39 is 17.9 Å². The largest absolute Gasteiger partial charge is 0.460 e. The van der Waals surface area contributed by atoms with Gasteiger partial charge >= 0.3 is 11.9 Å². The van der Waals surface area contributed by atoms with Gasteiger partial charge in [0, 0.05) is 6.54 Å². The van der Waals surface area contributed by atoms with E-state index in [1.54, 1.807) is 0 Å². The number of carbonyl (C=O) groups excluding carboxylic acids is 2. The van der Waals surface area contributed by atoms with Gasteiger partial charge in [-0.05, 0) is 5.56 Å². The summed E-state index contributed by atoms with van der Waals surface area (Å²) >= 11 is 0. The number of benzene rings is 1. The van der Waals surface area contributed by atoms with Gasteiger partial charge in [0.1, 0.15) is 13.3 Å². The monoisotopic (exact) mass is 252 g/mol. The van der Waals surface area contributed by atoms with Crippen molar-refractivity contribution in [2.24, 2.45) is 17.4 Å². The first-order chi connectivity index (χ1) is 8.69. The van der Waals surface area contributed by atoms with Crippen molar-refractivity contribution in [3.05, 3.63) is 35.9 Å². The fourth-order valence-corrected chi connectivity index (χ4v) is 1.30. The molecule has 0 fully saturated rings. The Morgan fingerprint density at radius 1 is 1.06 bits per heavy atom. The van der Waals surface area contributed by atoms with Crippen molar-refractivity contribution in [3.63, 3.8) is 0 Å². The van der Waals surface area contributed by atoms with Crippen LogP contribution in [0, 0.1) is 5.92 Å². The fourth-order valence-electron chi connectivity index (χ4n) is 1.30. The van der Waals surface area contributed by atoms with Crippen LogP contribution in [-0.4, -0.2) is 25.2 Å². The molecule has 0 aliphatic carbocycles. The van der Waals surface area contributed by atoms with Crippen LogP contribution in [0.4, 0.5) is 0 Å². The molecular formula is C12H16N2O4. The van der Waals surface area contributed by atoms with Gasteiger partial charge in [-0.25, -0.2) is 0 Å². The first-order valence-corrected chi connectivity index (χ1v) is 5.46. The summed E-state index contributed by atoms with van der Waals surface area (Å²) in [6, 6.07) is 9.12. The minimum Gasteiger partial charge on any atom is -0.460 e. The normalized spacial score (nSPS) is 11.7. The van der Waals surface area contributed by atoms with Crippen molar-refractivity contribution in [1.29, 1.82) is 0 Å². The molecule has 6 nitrogen and oxygen atoms in total. The van der Waals surface area contributed by atoms with Crippen LogP contribution in [0.15, 0.2) is 30.3 Å². The molecule has 0 spiro atoms. The molecule has 0 saturated carbocycles. The SMILES string of the molecule is NCOC(=O)[C@@H](CN)C(=O)OCc1ccccc1. The summed E-state index contributed by atoms with van der Waals surface area (Å²) in [5.41, 5.74) is 11.2. The van der Waals surface area contributed by atoms with Crippen LogP contribution in [0.2, 0.25) is 0 Å². The highest BCUT2D eigenvalue weighted by Crippen LogP contribution is 2.06. The lowest BCUT2D eigenvalue weighted by molar-refractivity contribution is -0.162. The molecule has 0 radical (unpaired) electrons. The molecule has 0 amide bonds. The average molecular weight is 252 g/mol. The van der Waals surface area contributed by atoms with E-state index in [2.05, 4.69) is 4.74 Å². The molecule has 0 aliphatic heterocycles. The number of hydrogen-bond donors (Lipinski definition) is 2. The summed E-state index contributed by atoms with van der Waals surface area (Å²) in [6.07, 6.45) is 0. The summed E-state index contributed by atoms with van der Waals surface area (Å²) in [6.45, 7) is -0.375. The van der Waals surface area contributed by atoms with Crippen LogP contribution < -0.4 is 11.5 Å². The van der Waals surface area contributed by atoms with Crippen LogP contribution in [0.5, 0.6) is 0 Å². The number of ether oxygens (including phenoxy) is 2. The van der Waals surface area contributed by atoms with E-state index >= 15 is 0 Å². The molecule has 4 N–H and O–H groups in total. The van der Waals surface area contributed by atoms with Crippen LogP contribution in [0.3, 0.4) is 0 Å². The van der Waals surface area contributed by atoms with Crippen LogP contribution in [0.25, 0.3) is 0 Å². The summed E-state index contributed by atoms with van der Waals surface area (Å²) in [4.78, 5) is 23.0. The summed E-state index contributed by atoms with van der Waals surface area (Å²) in [5.74, 6) is -2.60. The molecule has 98 valence electrons. The van der Waals surface area contributed by atoms with Gasteiger partial charge in [0.05, 0.1) is 0 Å². The number of rotatable bonds is 6. The maximum absolute atomic E-state index is 11.6. The Kier molecular flexibility index (Phi) is 5.83. The molecule has 1 rings (SSSR count). The van der Waals surface area contributed by atoms with E-state index in [1.807, 2.05) is 30.3 Å². The Bertz CT molecular complexity index is 394. The Morgan fingerprint density at radius 2 is 1.67 bits per heavy atom. The Hall–Kier alpha value is -1.92. The van der Waals surface area contributed by atoms with E-state index in [0.717, 1.165) is 5.56 Å². The zero-order valence-electron chi connectivity index (χ0n) is 9.87. The Labute approximate surface area is 105 Å². The first kappa shape index (κ1) is 14.1. The smallest absolute Gasteiger partial charge is 0.322 e. The molecule has 1 aromatic carbocycles. The van der Waals surface area contributed by atoms with E-state index in [9.17, 15) is 9.59 Å². The van der Waals surface area contributed by atoms with Gasteiger partial charge in [-0.1, -0.05) is 30.3 Å². The highest BCUT2D eigenvalue weighted by Gasteiger charge is 2.28. The van der Waals surface area contributed by atoms with E-state index in [0.29, 0.717) is 0 Å². The van der Waals surface area contributed by atoms with Crippen LogP contribution in [-0.2, 0) is 25.7 Å². The zero-order chi connectivity index (χ0) is 13.4. The number of hydrogen-bond acceptors (Lipinski definition) is 6. The molecule has 0 heterocycles. The lowest BCUT2D eigenvalue weighted by Crippen LogP contribution is -2.35. The maximum atomic E-state index is 11.6. The molecule has 6 heteroatoms. The molecular weight excluding hydrogens is 236 g/mol. The second kappa shape index (κ2) is 7.41. The average Bonchev–Trinajstić information content (AvgIpc) is 2.39. The van der Waals surface area contributed by atoms with Gasteiger partial charge < -0.3 is 15.2 Å². The molecule has 0 saturated heterocycles. The highest BCUT2D eigenvalue weighted by molar-refractivity contribution is 5.95. The predicted octanol–water partition coefficient (Wildman–Crippen LogP) is -0.236. The van der Waals surface area contributed by atoms with Crippen molar-refractivity contribution >= 4 is 11.9 Å². The standard InChI is InChI=1S/C12H16N2O4/c13-6-10(12(16)18-8-14)11(15)17-7-9-4-2-1-3-5-9/h1-5,10H,6-8,13-14H2/t10-/m0/s1. The van der Waals surface area contributed by atoms with Crippen LogP contribution in [0.1, 0.15) is 5.56 Å². The number of esters is 2. The van der Waals surface area contributed by atoms with Gasteiger partial charge in [0.25, 0.3) is 0 Å². The molecule has 1 atom stereocenters. The van der Waals surface area contributed by atoms with Crippen molar-refractivity contribution in [2.75, 3.05) is 13.3 Å². The van der Waals surface area contributed by atoms with Crippen molar-refractivity contribution < 1.29 is 19.1 Å². The fraction of sp³-hybridized carbons (Fsp3) is 0.333. The third kappa shape index (κ3) is 4.15. The molecule has 0 unspecified atom stereocenters. The van der Waals surface area contributed by atoms with Crippen molar-refractivity contribution in [3.8, 4) is 0 Å². The third-order valence-corrected chi connectivity index (χ3v) is 2.25. The van der Waals surface area contributed by atoms with Crippen molar-refractivity contribution in [1.82, 2.24) is 0 Å². The van der Waals surface area contributed by atoms with E-state index in [1.165, 1.54) is 0 Å². The molecule has 1 aromatic rings. The molecule has 0 aliphatic rings. The summed E-state index contributed by atoms with van der Waals surface area (Å²) in [7, 11) is 0. The lowest BCUT2D eigenvalue weighted by Gasteiger charge is -2.12. The first-order valence-electron chi connectivity index (χ1n) is 5.46. The summed E-state index contributed by atoms with van der Waals surface area (Å²) < 4.78 is 9.51. The minimum absolute atomic E-state index is 0.0894. The van der Waals surface area contributed by atoms with Crippen LogP contribution >= 0.6 is 0 Å². The number of nitrogens with two attached hydrogens (primary N) is 2. The van der Waals surface area contributed by atoms with Gasteiger partial charge in [-0.3, -0.25) is 15.3 Å². The molecule has 0 aromatic heterocycles. The van der Waals surface area contributed by atoms with Crippen molar-refractivity contribution in [2.45, 2.75) is 6.61 Å². The van der Waals surface area contributed by atoms with E-state index in [4.69, 9.17) is 16.2 Å². The zero-order valence-corrected chi connectivity index (χ0v) is 9.87. The number of carbonyl (C=O) groups is 2. The highest BCUT2D eigenvalue weighted by atomic mass is 16.6. The van der Waals surface area contributed by atoms with Gasteiger partial charge in [0.2, 0.25) is 0 Å². The molecule has 18 heavy (non-hydrogen) atoms. The topological polar surface area (TPSA) is 105 Å². The Morgan fingerprint density at radius 3 is 2.22 bits per heavy atom. The van der Waals surface area contributed by atoms with Gasteiger partial charge in [0.15, 0.2) is 5.92 Å². The van der Waals surface area contributed by atoms with Gasteiger partial charge in [-0.15, -0.1) is 0 Å². The quantitative estimate of drug-likeness (QED) is 0.411. The summed E-state index contributed by atoms with van der Waals surface area (Å²) in [5, 5.41) is 0.